The number of hydrogen-bond acceptors (Lipinski definition) is 3. The molecule has 0 aromatic heterocycles. The fraction of sp³-hybridized carbons (Fsp3) is 0.250. The zero-order chi connectivity index (χ0) is 18.2. The molecule has 4 nitrogen and oxygen atoms in total. The number of nitrogens with zero attached hydrogens (tertiary/aromatic N) is 1. The third-order valence-corrected chi connectivity index (χ3v) is 6.41. The lowest BCUT2D eigenvalue weighted by molar-refractivity contribution is -0.118. The van der Waals surface area contributed by atoms with Crippen LogP contribution in [0, 0.1) is 12.8 Å². The molecule has 1 heterocycles. The second-order valence-corrected chi connectivity index (χ2v) is 8.26. The number of hydrogen-bond donors (Lipinski definition) is 0. The minimum absolute atomic E-state index is 0.0237. The molecule has 3 rings (SSSR count). The monoisotopic (exact) mass is 355 g/mol. The highest BCUT2D eigenvalue weighted by Crippen LogP contribution is 2.40. The summed E-state index contributed by atoms with van der Waals surface area (Å²) in [6, 6.07) is 13.7. The van der Waals surface area contributed by atoms with Crippen molar-refractivity contribution >= 4 is 21.6 Å². The average molecular weight is 355 g/mol. The van der Waals surface area contributed by atoms with E-state index in [-0.39, 0.29) is 23.2 Å². The van der Waals surface area contributed by atoms with Gasteiger partial charge in [0.05, 0.1) is 10.6 Å². The van der Waals surface area contributed by atoms with Crippen LogP contribution in [0.1, 0.15) is 30.4 Å². The molecule has 0 saturated carbocycles. The summed E-state index contributed by atoms with van der Waals surface area (Å²) in [5.41, 5.74) is 2.19. The zero-order valence-corrected chi connectivity index (χ0v) is 15.2. The van der Waals surface area contributed by atoms with Gasteiger partial charge in [0.2, 0.25) is 5.91 Å². The number of sulfonamides is 1. The molecule has 2 aromatic rings. The Balaban J connectivity index is 2.21. The lowest BCUT2D eigenvalue weighted by Crippen LogP contribution is -2.37. The maximum atomic E-state index is 13.2. The zero-order valence-electron chi connectivity index (χ0n) is 14.3. The fourth-order valence-electron chi connectivity index (χ4n) is 3.32. The standard InChI is InChI=1S/C20H21NO3S/c1-4-17-15(3)13-20(22)21(19-8-6-5-7-18(17)19)25(23,24)16-11-9-14(2)10-12-16/h4-12,15,17H,1,13H2,2-3H3/t15-,17?/m0/s1. The van der Waals surface area contributed by atoms with Crippen molar-refractivity contribution in [3.8, 4) is 0 Å². The van der Waals surface area contributed by atoms with Crippen LogP contribution in [0.2, 0.25) is 0 Å². The fourth-order valence-corrected chi connectivity index (χ4v) is 4.78. The topological polar surface area (TPSA) is 54.5 Å². The van der Waals surface area contributed by atoms with E-state index >= 15 is 0 Å². The average Bonchev–Trinajstić information content (AvgIpc) is 2.67. The lowest BCUT2D eigenvalue weighted by Gasteiger charge is -2.23. The lowest BCUT2D eigenvalue weighted by atomic mass is 9.86. The summed E-state index contributed by atoms with van der Waals surface area (Å²) in [5, 5.41) is 0. The summed E-state index contributed by atoms with van der Waals surface area (Å²) in [6.45, 7) is 7.71. The van der Waals surface area contributed by atoms with Crippen molar-refractivity contribution < 1.29 is 13.2 Å². The predicted octanol–water partition coefficient (Wildman–Crippen LogP) is 4.03. The van der Waals surface area contributed by atoms with Gasteiger partial charge >= 0.3 is 0 Å². The van der Waals surface area contributed by atoms with E-state index in [4.69, 9.17) is 0 Å². The number of amides is 1. The van der Waals surface area contributed by atoms with Gasteiger partial charge in [0.25, 0.3) is 10.0 Å². The molecule has 0 radical (unpaired) electrons. The largest absolute Gasteiger partial charge is 0.273 e. The first-order valence-corrected chi connectivity index (χ1v) is 9.66. The molecule has 2 aromatic carbocycles. The third-order valence-electron chi connectivity index (χ3n) is 4.66. The summed E-state index contributed by atoms with van der Waals surface area (Å²) >= 11 is 0. The van der Waals surface area contributed by atoms with Crippen LogP contribution in [-0.4, -0.2) is 14.3 Å². The van der Waals surface area contributed by atoms with Gasteiger partial charge < -0.3 is 0 Å². The minimum Gasteiger partial charge on any atom is -0.273 e. The summed E-state index contributed by atoms with van der Waals surface area (Å²) in [5.74, 6) is -0.507. The van der Waals surface area contributed by atoms with Crippen molar-refractivity contribution in [1.29, 1.82) is 0 Å². The Morgan fingerprint density at radius 2 is 1.76 bits per heavy atom. The summed E-state index contributed by atoms with van der Waals surface area (Å²) in [4.78, 5) is 13.0. The SMILES string of the molecule is C=CC1c2ccccc2N(S(=O)(=O)c2ccc(C)cc2)C(=O)C[C@@H]1C. The summed E-state index contributed by atoms with van der Waals surface area (Å²) in [6.07, 6.45) is 1.94. The predicted molar refractivity (Wildman–Crippen MR) is 99.0 cm³/mol. The van der Waals surface area contributed by atoms with E-state index in [0.717, 1.165) is 15.4 Å². The van der Waals surface area contributed by atoms with Gasteiger partial charge in [0.15, 0.2) is 0 Å². The molecule has 25 heavy (non-hydrogen) atoms. The first-order chi connectivity index (χ1) is 11.9. The number of para-hydroxylation sites is 1. The maximum Gasteiger partial charge on any atom is 0.270 e. The van der Waals surface area contributed by atoms with Gasteiger partial charge in [-0.15, -0.1) is 6.58 Å². The van der Waals surface area contributed by atoms with Gasteiger partial charge in [-0.2, -0.15) is 0 Å². The van der Waals surface area contributed by atoms with E-state index in [2.05, 4.69) is 6.58 Å². The summed E-state index contributed by atoms with van der Waals surface area (Å²) in [7, 11) is -3.97. The highest BCUT2D eigenvalue weighted by Gasteiger charge is 2.38. The first kappa shape index (κ1) is 17.4. The molecule has 0 N–H and O–H groups in total. The molecule has 0 fully saturated rings. The number of anilines is 1. The van der Waals surface area contributed by atoms with Gasteiger partial charge in [-0.3, -0.25) is 4.79 Å². The Morgan fingerprint density at radius 1 is 1.12 bits per heavy atom. The van der Waals surface area contributed by atoms with Crippen LogP contribution in [0.4, 0.5) is 5.69 Å². The number of carbonyl (C=O) groups excluding carboxylic acids is 1. The van der Waals surface area contributed by atoms with Gasteiger partial charge in [0, 0.05) is 12.3 Å². The van der Waals surface area contributed by atoms with Crippen molar-refractivity contribution in [3.63, 3.8) is 0 Å². The smallest absolute Gasteiger partial charge is 0.270 e. The minimum atomic E-state index is -3.97. The number of carbonyl (C=O) groups is 1. The normalized spacial score (nSPS) is 20.7. The molecule has 130 valence electrons. The Morgan fingerprint density at radius 3 is 2.40 bits per heavy atom. The summed E-state index contributed by atoms with van der Waals surface area (Å²) < 4.78 is 27.4. The van der Waals surface area contributed by atoms with Crippen molar-refractivity contribution in [3.05, 3.63) is 72.3 Å². The van der Waals surface area contributed by atoms with E-state index in [1.54, 1.807) is 42.5 Å². The second kappa shape index (κ2) is 6.48. The van der Waals surface area contributed by atoms with Crippen molar-refractivity contribution in [1.82, 2.24) is 0 Å². The molecule has 0 spiro atoms. The van der Waals surface area contributed by atoms with Crippen LogP contribution < -0.4 is 4.31 Å². The second-order valence-electron chi connectivity index (χ2n) is 6.48. The van der Waals surface area contributed by atoms with E-state index in [9.17, 15) is 13.2 Å². The molecule has 0 bridgehead atoms. The van der Waals surface area contributed by atoms with E-state index in [1.807, 2.05) is 26.0 Å². The Hall–Kier alpha value is -2.40. The number of aryl methyl sites for hydroxylation is 1. The first-order valence-electron chi connectivity index (χ1n) is 8.22. The van der Waals surface area contributed by atoms with Gasteiger partial charge in [0.1, 0.15) is 0 Å². The number of fused-ring (bicyclic) bond motifs is 1. The number of benzene rings is 2. The maximum absolute atomic E-state index is 13.2. The van der Waals surface area contributed by atoms with E-state index in [1.165, 1.54) is 0 Å². The van der Waals surface area contributed by atoms with Crippen LogP contribution in [0.5, 0.6) is 0 Å². The van der Waals surface area contributed by atoms with Crippen molar-refractivity contribution in [2.45, 2.75) is 31.1 Å². The molecule has 2 atom stereocenters. The van der Waals surface area contributed by atoms with Gasteiger partial charge in [-0.1, -0.05) is 48.9 Å². The van der Waals surface area contributed by atoms with Crippen LogP contribution >= 0.6 is 0 Å². The van der Waals surface area contributed by atoms with Crippen molar-refractivity contribution in [2.75, 3.05) is 4.31 Å². The highest BCUT2D eigenvalue weighted by atomic mass is 32.2. The van der Waals surface area contributed by atoms with E-state index < -0.39 is 15.9 Å². The molecule has 1 unspecified atom stereocenters. The van der Waals surface area contributed by atoms with Crippen LogP contribution in [0.15, 0.2) is 66.1 Å². The Labute approximate surface area is 148 Å². The van der Waals surface area contributed by atoms with Crippen LogP contribution in [0.25, 0.3) is 0 Å². The number of allylic oxidation sites excluding steroid dienone is 1. The molecule has 1 aliphatic heterocycles. The molecule has 5 heteroatoms. The Kier molecular flexibility index (Phi) is 4.52. The van der Waals surface area contributed by atoms with E-state index in [0.29, 0.717) is 5.69 Å². The van der Waals surface area contributed by atoms with Gasteiger partial charge in [-0.25, -0.2) is 12.7 Å². The number of rotatable bonds is 3. The highest BCUT2D eigenvalue weighted by molar-refractivity contribution is 7.93. The Bertz CT molecular complexity index is 916. The molecule has 0 saturated heterocycles. The van der Waals surface area contributed by atoms with Gasteiger partial charge in [-0.05, 0) is 36.6 Å². The third kappa shape index (κ3) is 3.00. The van der Waals surface area contributed by atoms with Crippen LogP contribution in [-0.2, 0) is 14.8 Å². The molecular weight excluding hydrogens is 334 g/mol. The quantitative estimate of drug-likeness (QED) is 0.781. The molecule has 1 aliphatic rings. The molecular formula is C20H21NO3S. The van der Waals surface area contributed by atoms with Crippen molar-refractivity contribution in [2.24, 2.45) is 5.92 Å². The van der Waals surface area contributed by atoms with Crippen LogP contribution in [0.3, 0.4) is 0 Å². The molecule has 1 amide bonds. The molecule has 0 aliphatic carbocycles.